The van der Waals surface area contributed by atoms with Crippen molar-refractivity contribution in [2.24, 2.45) is 0 Å². The van der Waals surface area contributed by atoms with E-state index in [2.05, 4.69) is 192 Å². The summed E-state index contributed by atoms with van der Waals surface area (Å²) in [5.74, 6) is 5.46. The molecular formula is C99H123N15. The molecule has 594 valence electrons. The number of aromatic nitrogens is 15. The average molecular weight is 1520 g/mol. The lowest BCUT2D eigenvalue weighted by Crippen LogP contribution is -2.05. The molecule has 0 fully saturated rings. The highest BCUT2D eigenvalue weighted by Crippen LogP contribution is 2.33. The van der Waals surface area contributed by atoms with Gasteiger partial charge < -0.3 is 0 Å². The lowest BCUT2D eigenvalue weighted by atomic mass is 9.97. The normalized spacial score (nSPS) is 11.2. The molecule has 0 saturated carbocycles. The van der Waals surface area contributed by atoms with Gasteiger partial charge in [-0.15, -0.1) is 0 Å². The van der Waals surface area contributed by atoms with Crippen molar-refractivity contribution in [1.29, 1.82) is 0 Å². The number of aryl methyl sites for hydroxylation is 16. The van der Waals surface area contributed by atoms with Gasteiger partial charge in [0.1, 0.15) is 34.2 Å². The molecule has 0 atom stereocenters. The molecule has 3 aromatic carbocycles. The Morgan fingerprint density at radius 1 is 0.184 bits per heavy atom. The van der Waals surface area contributed by atoms with E-state index in [4.69, 9.17) is 54.8 Å². The SMILES string of the molecule is CCCCCCCCCCCCc1ccc(-c2nc(-c3ncc(C)cc3C)nc(-c3ncc(C)cc3C)n2)cc1.CCCCCCc1cc(CCCCCC)cc(-c2nc(-c3ncc(C)cc3C)nc(-c3ncc(C)cc3C)n2)c1.CCCCCCc1ccc(-c2nc(-c3ncc(C)cc3C)nc(-c3ncc(C)cc3C)n2)cc1. The minimum absolute atomic E-state index is 0.572. The minimum atomic E-state index is 0.572. The maximum Gasteiger partial charge on any atom is 0.182 e. The van der Waals surface area contributed by atoms with Gasteiger partial charge in [0.25, 0.3) is 0 Å². The first kappa shape index (κ1) is 86.0. The number of hydrogen-bond donors (Lipinski definition) is 0. The van der Waals surface area contributed by atoms with Crippen molar-refractivity contribution >= 4 is 0 Å². The number of benzene rings is 3. The maximum absolute atomic E-state index is 5.03. The zero-order chi connectivity index (χ0) is 80.9. The van der Waals surface area contributed by atoms with Gasteiger partial charge in [-0.25, -0.2) is 44.9 Å². The highest BCUT2D eigenvalue weighted by Gasteiger charge is 2.22. The van der Waals surface area contributed by atoms with Crippen molar-refractivity contribution in [2.45, 2.75) is 278 Å². The highest BCUT2D eigenvalue weighted by atomic mass is 15.1. The van der Waals surface area contributed by atoms with Crippen molar-refractivity contribution < 1.29 is 0 Å². The Morgan fingerprint density at radius 3 is 0.605 bits per heavy atom. The van der Waals surface area contributed by atoms with Crippen LogP contribution in [0.25, 0.3) is 103 Å². The van der Waals surface area contributed by atoms with Gasteiger partial charge in [0, 0.05) is 53.9 Å². The summed E-state index contributed by atoms with van der Waals surface area (Å²) in [4.78, 5) is 72.2. The lowest BCUT2D eigenvalue weighted by molar-refractivity contribution is 0.556. The fourth-order valence-corrected chi connectivity index (χ4v) is 14.8. The smallest absolute Gasteiger partial charge is 0.182 e. The van der Waals surface area contributed by atoms with Gasteiger partial charge in [-0.05, 0) is 236 Å². The lowest BCUT2D eigenvalue weighted by Gasteiger charge is -2.13. The highest BCUT2D eigenvalue weighted by molar-refractivity contribution is 5.70. The number of rotatable bonds is 35. The fourth-order valence-electron chi connectivity index (χ4n) is 14.8. The van der Waals surface area contributed by atoms with Crippen molar-refractivity contribution in [3.8, 4) is 103 Å². The summed E-state index contributed by atoms with van der Waals surface area (Å²) >= 11 is 0. The fraction of sp³-hybridized carbons (Fsp3) is 0.424. The van der Waals surface area contributed by atoms with Gasteiger partial charge in [-0.1, -0.05) is 234 Å². The monoisotopic (exact) mass is 1520 g/mol. The van der Waals surface area contributed by atoms with Crippen molar-refractivity contribution in [2.75, 3.05) is 0 Å². The van der Waals surface area contributed by atoms with Crippen LogP contribution in [0, 0.1) is 83.1 Å². The Kier molecular flexibility index (Phi) is 33.0. The molecule has 12 aromatic rings. The minimum Gasteiger partial charge on any atom is -0.252 e. The molecule has 0 aliphatic carbocycles. The maximum atomic E-state index is 5.03. The van der Waals surface area contributed by atoms with E-state index in [1.165, 1.54) is 164 Å². The molecule has 9 heterocycles. The molecule has 0 aliphatic heterocycles. The molecule has 0 spiro atoms. The molecule has 9 aromatic heterocycles. The van der Waals surface area contributed by atoms with E-state index >= 15 is 0 Å². The van der Waals surface area contributed by atoms with Crippen LogP contribution in [0.3, 0.4) is 0 Å². The molecule has 0 bridgehead atoms. The molecule has 0 amide bonds. The molecule has 0 radical (unpaired) electrons. The molecule has 12 rings (SSSR count). The van der Waals surface area contributed by atoms with Crippen LogP contribution < -0.4 is 0 Å². The van der Waals surface area contributed by atoms with E-state index in [-0.39, 0.29) is 0 Å². The second kappa shape index (κ2) is 43.7. The second-order valence-corrected chi connectivity index (χ2v) is 31.8. The van der Waals surface area contributed by atoms with Crippen LogP contribution in [-0.4, -0.2) is 74.8 Å². The summed E-state index contributed by atoms with van der Waals surface area (Å²) in [6.45, 7) is 33.7. The molecule has 0 N–H and O–H groups in total. The van der Waals surface area contributed by atoms with Crippen LogP contribution in [-0.2, 0) is 25.7 Å². The molecule has 15 nitrogen and oxygen atoms in total. The zero-order valence-corrected chi connectivity index (χ0v) is 71.4. The summed E-state index contributed by atoms with van der Waals surface area (Å²) in [5, 5.41) is 0. The van der Waals surface area contributed by atoms with E-state index < -0.39 is 0 Å². The average Bonchev–Trinajstić information content (AvgIpc) is 0.784. The number of hydrogen-bond acceptors (Lipinski definition) is 15. The third-order valence-electron chi connectivity index (χ3n) is 21.0. The summed E-state index contributed by atoms with van der Waals surface area (Å²) < 4.78 is 0. The summed E-state index contributed by atoms with van der Waals surface area (Å²) in [7, 11) is 0. The first-order valence-electron chi connectivity index (χ1n) is 42.5. The molecule has 0 unspecified atom stereocenters. The first-order valence-corrected chi connectivity index (χ1v) is 42.5. The second-order valence-electron chi connectivity index (χ2n) is 31.8. The van der Waals surface area contributed by atoms with Crippen LogP contribution >= 0.6 is 0 Å². The van der Waals surface area contributed by atoms with Crippen LogP contribution in [0.2, 0.25) is 0 Å². The van der Waals surface area contributed by atoms with Gasteiger partial charge in [0.05, 0.1) is 0 Å². The Labute approximate surface area is 681 Å². The number of pyridine rings is 6. The van der Waals surface area contributed by atoms with E-state index in [1.54, 1.807) is 0 Å². The predicted molar refractivity (Wildman–Crippen MR) is 471 cm³/mol. The van der Waals surface area contributed by atoms with Gasteiger partial charge in [0.15, 0.2) is 52.4 Å². The van der Waals surface area contributed by atoms with Gasteiger partial charge in [-0.3, -0.25) is 29.9 Å². The van der Waals surface area contributed by atoms with Gasteiger partial charge in [0.2, 0.25) is 0 Å². The van der Waals surface area contributed by atoms with E-state index in [9.17, 15) is 0 Å². The Hall–Kier alpha value is -10.4. The Morgan fingerprint density at radius 2 is 0.377 bits per heavy atom. The largest absolute Gasteiger partial charge is 0.252 e. The third-order valence-corrected chi connectivity index (χ3v) is 21.0. The quantitative estimate of drug-likeness (QED) is 0.0340. The summed E-state index contributed by atoms with van der Waals surface area (Å²) in [6.07, 6.45) is 44.3. The van der Waals surface area contributed by atoms with Crippen LogP contribution in [0.15, 0.2) is 140 Å². The summed E-state index contributed by atoms with van der Waals surface area (Å²) in [5.41, 5.74) is 26.1. The van der Waals surface area contributed by atoms with E-state index in [0.29, 0.717) is 52.4 Å². The Balaban J connectivity index is 0.000000182. The topological polar surface area (TPSA) is 193 Å². The number of nitrogens with zero attached hydrogens (tertiary/aromatic N) is 15. The van der Waals surface area contributed by atoms with Crippen LogP contribution in [0.1, 0.15) is 258 Å². The molecule has 15 heteroatoms. The van der Waals surface area contributed by atoms with Gasteiger partial charge >= 0.3 is 0 Å². The van der Waals surface area contributed by atoms with E-state index in [0.717, 1.165) is 143 Å². The van der Waals surface area contributed by atoms with Gasteiger partial charge in [-0.2, -0.15) is 0 Å². The third kappa shape index (κ3) is 25.3. The van der Waals surface area contributed by atoms with Crippen molar-refractivity contribution in [1.82, 2.24) is 74.8 Å². The number of unbranched alkanes of at least 4 members (excludes halogenated alkanes) is 18. The Bertz CT molecular complexity index is 4850. The van der Waals surface area contributed by atoms with Crippen LogP contribution in [0.5, 0.6) is 0 Å². The molecule has 0 saturated heterocycles. The predicted octanol–water partition coefficient (Wildman–Crippen LogP) is 25.5. The standard InChI is InChI=1S/2C35H45N5.C29H33N5/c1-7-9-11-13-15-28-19-29(16-14-12-10-8-2)21-30(20-28)33-38-34(31-26(5)17-24(3)22-36-31)40-35(39-33)32-27(6)18-25(4)23-37-32;1-6-7-8-9-10-11-12-13-14-15-16-29-17-19-30(20-18-29)33-38-34(31-27(4)21-25(2)23-36-31)40-35(39-33)32-28(5)22-26(3)24-37-32;1-6-7-8-9-10-23-11-13-24(14-12-23)27-32-28(25-21(4)15-19(2)17-30-25)34-29(33-27)26-22(5)16-20(3)18-31-26/h17-23H,7-16H2,1-6H3;17-24H,6-16H2,1-5H3;11-18H,6-10H2,1-5H3. The summed E-state index contributed by atoms with van der Waals surface area (Å²) in [6, 6.07) is 37.0. The first-order chi connectivity index (χ1) is 55.3. The van der Waals surface area contributed by atoms with Crippen molar-refractivity contribution in [3.05, 3.63) is 229 Å². The zero-order valence-electron chi connectivity index (χ0n) is 71.4. The molecule has 0 aliphatic rings. The molecular weight excluding hydrogens is 1400 g/mol. The van der Waals surface area contributed by atoms with Crippen LogP contribution in [0.4, 0.5) is 0 Å². The van der Waals surface area contributed by atoms with E-state index in [1.807, 2.05) is 78.7 Å². The molecule has 114 heavy (non-hydrogen) atoms. The van der Waals surface area contributed by atoms with Crippen molar-refractivity contribution in [3.63, 3.8) is 0 Å².